The summed E-state index contributed by atoms with van der Waals surface area (Å²) in [5.74, 6) is -0.839. The van der Waals surface area contributed by atoms with Crippen molar-refractivity contribution in [1.82, 2.24) is 0 Å². The molecule has 11 aliphatic rings. The number of ether oxygens (including phenoxy) is 9. The average Bonchev–Trinajstić information content (AvgIpc) is 1.73. The summed E-state index contributed by atoms with van der Waals surface area (Å²) in [5, 5.41) is 6.02. The molecule has 11 fully saturated rings. The number of cyclic esters (lactones) is 1. The highest BCUT2D eigenvalue weighted by Gasteiger charge is 2.66. The van der Waals surface area contributed by atoms with Crippen molar-refractivity contribution < 1.29 is 108 Å². The molecule has 6 aliphatic carbocycles. The largest absolute Gasteiger partial charge is 0.743 e. The molecule has 5 heterocycles. The lowest BCUT2D eigenvalue weighted by Gasteiger charge is -2.59. The van der Waals surface area contributed by atoms with Crippen molar-refractivity contribution in [2.75, 3.05) is 6.61 Å². The van der Waals surface area contributed by atoms with Crippen molar-refractivity contribution in [1.29, 1.82) is 0 Å². The van der Waals surface area contributed by atoms with Crippen molar-refractivity contribution in [2.24, 2.45) is 62.6 Å². The molecular formula is C80H110F2O21S2. The summed E-state index contributed by atoms with van der Waals surface area (Å²) in [5.41, 5.74) is -3.83. The first kappa shape index (κ1) is 84.1. The van der Waals surface area contributed by atoms with Gasteiger partial charge in [-0.1, -0.05) is 89.2 Å². The maximum Gasteiger partial charge on any atom is 0.369 e. The van der Waals surface area contributed by atoms with Gasteiger partial charge in [-0.2, -0.15) is 8.78 Å². The highest BCUT2D eigenvalue weighted by molar-refractivity contribution is 7.97. The van der Waals surface area contributed by atoms with E-state index in [-0.39, 0.29) is 88.6 Å². The van der Waals surface area contributed by atoms with Gasteiger partial charge in [0.2, 0.25) is 6.10 Å². The number of alkyl halides is 2. The Kier molecular flexibility index (Phi) is 26.5. The second kappa shape index (κ2) is 33.1. The van der Waals surface area contributed by atoms with Crippen molar-refractivity contribution in [2.45, 2.75) is 287 Å². The molecule has 3 aromatic carbocycles. The summed E-state index contributed by atoms with van der Waals surface area (Å²) in [7, 11) is -5.87. The molecule has 0 amide bonds. The number of hydrogen-bond acceptors (Lipinski definition) is 21. The number of fused-ring (bicyclic) bond motifs is 2. The Hall–Kier alpha value is -6.54. The predicted molar refractivity (Wildman–Crippen MR) is 382 cm³/mol. The molecule has 582 valence electrons. The molecule has 5 aliphatic heterocycles. The lowest BCUT2D eigenvalue weighted by molar-refractivity contribution is -0.225. The van der Waals surface area contributed by atoms with Gasteiger partial charge in [0.1, 0.15) is 23.9 Å². The van der Waals surface area contributed by atoms with E-state index < -0.39 is 84.4 Å². The van der Waals surface area contributed by atoms with Crippen LogP contribution in [0, 0.1) is 62.6 Å². The van der Waals surface area contributed by atoms with Crippen LogP contribution in [0.5, 0.6) is 0 Å². The minimum atomic E-state index is -5.86. The number of carbonyl (C=O) groups is 8. The van der Waals surface area contributed by atoms with Crippen LogP contribution < -0.4 is 0 Å². The zero-order valence-corrected chi connectivity index (χ0v) is 65.4. The molecule has 1 N–H and O–H groups in total. The van der Waals surface area contributed by atoms with Crippen LogP contribution in [0.2, 0.25) is 0 Å². The Morgan fingerprint density at radius 1 is 0.562 bits per heavy atom. The van der Waals surface area contributed by atoms with Crippen LogP contribution in [-0.4, -0.2) is 138 Å². The van der Waals surface area contributed by atoms with E-state index in [1.165, 1.54) is 35.0 Å². The Morgan fingerprint density at radius 3 is 1.43 bits per heavy atom. The molecule has 0 aromatic heterocycles. The lowest BCUT2D eigenvalue weighted by Crippen LogP contribution is -2.61. The van der Waals surface area contributed by atoms with Crippen molar-refractivity contribution >= 4 is 68.8 Å². The zero-order valence-electron chi connectivity index (χ0n) is 63.7. The molecule has 8 bridgehead atoms. The van der Waals surface area contributed by atoms with Gasteiger partial charge in [0.05, 0.1) is 68.1 Å². The number of aliphatic hydroxyl groups is 1. The Labute approximate surface area is 620 Å². The molecule has 25 heteroatoms. The van der Waals surface area contributed by atoms with Crippen LogP contribution in [0.25, 0.3) is 0 Å². The second-order valence-corrected chi connectivity index (χ2v) is 36.6. The van der Waals surface area contributed by atoms with Gasteiger partial charge >= 0.3 is 53.0 Å². The normalized spacial score (nSPS) is 29.5. The Bertz CT molecular complexity index is 3490. The highest BCUT2D eigenvalue weighted by atomic mass is 32.2. The van der Waals surface area contributed by atoms with E-state index in [2.05, 4.69) is 95.7 Å². The van der Waals surface area contributed by atoms with Gasteiger partial charge in [-0.25, -0.2) is 13.2 Å². The molecule has 105 heavy (non-hydrogen) atoms. The van der Waals surface area contributed by atoms with Gasteiger partial charge < -0.3 is 52.3 Å². The molecule has 14 unspecified atom stereocenters. The van der Waals surface area contributed by atoms with E-state index in [0.717, 1.165) is 51.4 Å². The molecule has 5 saturated heterocycles. The number of carbonyl (C=O) groups excluding carboxylic acids is 8. The van der Waals surface area contributed by atoms with Crippen LogP contribution in [0.4, 0.5) is 8.78 Å². The summed E-state index contributed by atoms with van der Waals surface area (Å²) in [6.07, 6.45) is 7.27. The third-order valence-electron chi connectivity index (χ3n) is 23.3. The van der Waals surface area contributed by atoms with E-state index in [0.29, 0.717) is 75.7 Å². The summed E-state index contributed by atoms with van der Waals surface area (Å²) < 4.78 is 104. The Morgan fingerprint density at radius 2 is 0.990 bits per heavy atom. The van der Waals surface area contributed by atoms with E-state index in [4.69, 9.17) is 37.9 Å². The zero-order chi connectivity index (χ0) is 77.8. The minimum absolute atomic E-state index is 0.0146. The average molecular weight is 1510 g/mol. The van der Waals surface area contributed by atoms with Gasteiger partial charge in [-0.05, 0) is 208 Å². The SMILES string of the molecule is CCC(C)(C)C(=O)OC(C)C(F)(F)S(=O)(=O)[O-].CCC(C)(C)C(=O)OC12CC3CC(CC(O)(C3)C1)C2.CCC(C)(C)C(=O)OC1C2CC3C(=O)OC1C3C2.CCC(C)(C)C(=O)OC1C2CC3C(=O)OC1C3O2.CCC(C)(C)C(=O)OC1CCOC1=O.c1ccc([S+](c2ccccc2)c2ccccc2)cc1. The topological polar surface area (TPSA) is 297 Å². The lowest BCUT2D eigenvalue weighted by atomic mass is 9.52. The third-order valence-corrected chi connectivity index (χ3v) is 26.5. The summed E-state index contributed by atoms with van der Waals surface area (Å²) in [6.45, 7) is 28.5. The van der Waals surface area contributed by atoms with Crippen molar-refractivity contribution in [3.05, 3.63) is 91.0 Å². The van der Waals surface area contributed by atoms with Gasteiger partial charge in [-0.15, -0.1) is 0 Å². The summed E-state index contributed by atoms with van der Waals surface area (Å²) in [4.78, 5) is 97.8. The first-order valence-corrected chi connectivity index (χ1v) is 39.8. The number of halogens is 2. The number of rotatable bonds is 20. The van der Waals surface area contributed by atoms with Gasteiger partial charge in [0.25, 0.3) is 0 Å². The molecule has 14 rings (SSSR count). The Balaban J connectivity index is 0.000000160. The fraction of sp³-hybridized carbons (Fsp3) is 0.675. The molecular weight excluding hydrogens is 1400 g/mol. The van der Waals surface area contributed by atoms with Crippen LogP contribution in [0.15, 0.2) is 106 Å². The van der Waals surface area contributed by atoms with Crippen molar-refractivity contribution in [3.63, 3.8) is 0 Å². The van der Waals surface area contributed by atoms with Crippen molar-refractivity contribution in [3.8, 4) is 0 Å². The summed E-state index contributed by atoms with van der Waals surface area (Å²) in [6, 6.07) is 32.2. The molecule has 3 aromatic rings. The first-order chi connectivity index (χ1) is 48.9. The van der Waals surface area contributed by atoms with Gasteiger partial charge in [-0.3, -0.25) is 33.6 Å². The molecule has 0 radical (unpaired) electrons. The molecule has 6 saturated carbocycles. The minimum Gasteiger partial charge on any atom is -0.743 e. The number of esters is 8. The molecule has 0 spiro atoms. The van der Waals surface area contributed by atoms with Crippen LogP contribution in [-0.2, 0) is 102 Å². The highest BCUT2D eigenvalue weighted by Crippen LogP contribution is 2.60. The standard InChI is InChI=1S/C18H15S.C16H26O3.C14H20O4.C13H18O5.C10H16O4.C9H16F2O5S/c1-4-10-16(11-5-1)19(17-12-6-2-7-13-17)18-14-8-3-9-15-18;1-4-14(2,3)13(17)19-16-8-11-5-12(9-16)7-15(18,6-11)10-16;1-4-14(2,3)13(16)18-10-7-5-8-9(6-7)12(15)17-11(8)10;1-4-13(2,3)12(15)18-9-7-5-6-8(16-7)10(9)17-11(6)14;1-4-10(2,3)9(12)14-7-5-6-13-8(7)11;1-5-8(3,4)7(12)16-6(2)9(10,11)17(13,14)15/h1-15H;11-12,18H,4-10H2,1-3H3;7-11H,4-6H2,1-3H3;6-10H,4-5H2,1-3H3;7H,4-6H2,1-3H3;6H,5H2,1-4H3,(H,13,14,15)/q+1;;;;;/p-1. The van der Waals surface area contributed by atoms with Gasteiger partial charge in [0, 0.05) is 24.7 Å². The molecule has 14 atom stereocenters. The number of hydrogen-bond donors (Lipinski definition) is 1. The van der Waals surface area contributed by atoms with Gasteiger partial charge in [0.15, 0.2) is 43.1 Å². The third kappa shape index (κ3) is 19.3. The van der Waals surface area contributed by atoms with Crippen LogP contribution >= 0.6 is 0 Å². The van der Waals surface area contributed by atoms with E-state index in [1.807, 2.05) is 69.2 Å². The fourth-order valence-corrected chi connectivity index (χ4v) is 17.4. The second-order valence-electron chi connectivity index (χ2n) is 33.1. The van der Waals surface area contributed by atoms with Crippen LogP contribution in [0.1, 0.15) is 207 Å². The van der Waals surface area contributed by atoms with E-state index in [9.17, 15) is 65.2 Å². The quantitative estimate of drug-likeness (QED) is 0.0475. The fourth-order valence-electron chi connectivity index (χ4n) is 14.9. The number of benzene rings is 3. The first-order valence-electron chi connectivity index (χ1n) is 37.2. The van der Waals surface area contributed by atoms with E-state index >= 15 is 0 Å². The monoisotopic (exact) mass is 1510 g/mol. The summed E-state index contributed by atoms with van der Waals surface area (Å²) >= 11 is 0. The maximum absolute atomic E-state index is 13.0. The molecule has 21 nitrogen and oxygen atoms in total. The maximum atomic E-state index is 13.0. The smallest absolute Gasteiger partial charge is 0.369 e. The van der Waals surface area contributed by atoms with E-state index in [1.54, 1.807) is 20.8 Å². The predicted octanol–water partition coefficient (Wildman–Crippen LogP) is 13.6. The van der Waals surface area contributed by atoms with Crippen LogP contribution in [0.3, 0.4) is 0 Å².